The van der Waals surface area contributed by atoms with Crippen molar-refractivity contribution in [2.45, 2.75) is 39.2 Å². The van der Waals surface area contributed by atoms with E-state index in [1.807, 2.05) is 6.92 Å². The van der Waals surface area contributed by atoms with Gasteiger partial charge in [0.25, 0.3) is 5.91 Å². The Morgan fingerprint density at radius 3 is 2.62 bits per heavy atom. The molecule has 0 aromatic heterocycles. The van der Waals surface area contributed by atoms with Crippen molar-refractivity contribution in [2.75, 3.05) is 0 Å². The third-order valence-corrected chi connectivity index (χ3v) is 6.58. The normalized spacial score (nSPS) is 33.2. The van der Waals surface area contributed by atoms with Gasteiger partial charge in [0.2, 0.25) is 0 Å². The number of hydrogen-bond donors (Lipinski definition) is 3. The Kier molecular flexibility index (Phi) is 5.07. The lowest BCUT2D eigenvalue weighted by molar-refractivity contribution is -0.117. The van der Waals surface area contributed by atoms with Gasteiger partial charge < -0.3 is 15.5 Å². The number of carbonyl (C=O) groups excluding carboxylic acids is 2. The molecule has 0 spiro atoms. The summed E-state index contributed by atoms with van der Waals surface area (Å²) in [6, 6.07) is 5.87. The highest BCUT2D eigenvalue weighted by Gasteiger charge is 2.44. The first kappa shape index (κ1) is 19.5. The number of carbonyl (C=O) groups is 2. The highest BCUT2D eigenvalue weighted by atomic mass is 16.3. The van der Waals surface area contributed by atoms with Crippen molar-refractivity contribution in [2.24, 2.45) is 23.7 Å². The summed E-state index contributed by atoms with van der Waals surface area (Å²) in [4.78, 5) is 25.6. The van der Waals surface area contributed by atoms with Crippen molar-refractivity contribution in [1.82, 2.24) is 5.32 Å². The van der Waals surface area contributed by atoms with Crippen molar-refractivity contribution in [3.8, 4) is 5.75 Å². The molecule has 4 rings (SSSR count). The molecule has 1 heterocycles. The molecule has 2 aliphatic carbocycles. The maximum Gasteiger partial charge on any atom is 0.259 e. The number of amides is 1. The lowest BCUT2D eigenvalue weighted by Gasteiger charge is -2.40. The summed E-state index contributed by atoms with van der Waals surface area (Å²) in [7, 11) is 0. The first-order valence-electron chi connectivity index (χ1n) is 10.2. The molecule has 0 unspecified atom stereocenters. The minimum atomic E-state index is -0.692. The minimum Gasteiger partial charge on any atom is -0.511 e. The number of hydrogen-bond acceptors (Lipinski definition) is 4. The zero-order chi connectivity index (χ0) is 20.7. The van der Waals surface area contributed by atoms with Crippen LogP contribution in [0.2, 0.25) is 0 Å². The Balaban J connectivity index is 1.61. The van der Waals surface area contributed by atoms with Crippen LogP contribution in [0.25, 0.3) is 0 Å². The van der Waals surface area contributed by atoms with Crippen molar-refractivity contribution in [3.63, 3.8) is 0 Å². The molecule has 152 valence electrons. The second-order valence-corrected chi connectivity index (χ2v) is 8.61. The summed E-state index contributed by atoms with van der Waals surface area (Å²) in [5.74, 6) is -0.378. The summed E-state index contributed by atoms with van der Waals surface area (Å²) in [6.45, 7) is 4.15. The Morgan fingerprint density at radius 1 is 1.17 bits per heavy atom. The number of rotatable bonds is 3. The van der Waals surface area contributed by atoms with Crippen molar-refractivity contribution < 1.29 is 19.8 Å². The Hall–Kier alpha value is -2.82. The number of ketones is 1. The summed E-state index contributed by atoms with van der Waals surface area (Å²) in [6.07, 6.45) is 8.67. The van der Waals surface area contributed by atoms with E-state index in [2.05, 4.69) is 30.5 Å². The van der Waals surface area contributed by atoms with Gasteiger partial charge >= 0.3 is 0 Å². The van der Waals surface area contributed by atoms with Gasteiger partial charge in [0.15, 0.2) is 5.78 Å². The number of benzene rings is 1. The molecule has 1 saturated heterocycles. The van der Waals surface area contributed by atoms with Gasteiger partial charge in [-0.05, 0) is 55.2 Å². The molecule has 5 heteroatoms. The topological polar surface area (TPSA) is 86.6 Å². The SMILES string of the molecule is CC1=CC[C@H]2[C@H](/C(O)=C3/C(=O)N[C@@H](Cc4ccc(O)cc4)C3=O)[C@H](C)C=C[C@@H]2C1. The van der Waals surface area contributed by atoms with Gasteiger partial charge in [0.1, 0.15) is 17.1 Å². The van der Waals surface area contributed by atoms with E-state index in [0.29, 0.717) is 12.3 Å². The maximum atomic E-state index is 13.0. The molecule has 29 heavy (non-hydrogen) atoms. The van der Waals surface area contributed by atoms with Crippen LogP contribution in [0.4, 0.5) is 0 Å². The number of aliphatic hydroxyl groups excluding tert-OH is 1. The van der Waals surface area contributed by atoms with E-state index in [1.165, 1.54) is 5.57 Å². The molecule has 5 atom stereocenters. The highest BCUT2D eigenvalue weighted by Crippen LogP contribution is 2.45. The Bertz CT molecular complexity index is 925. The number of phenols is 1. The van der Waals surface area contributed by atoms with E-state index in [-0.39, 0.29) is 40.6 Å². The van der Waals surface area contributed by atoms with Gasteiger partial charge in [0, 0.05) is 12.3 Å². The zero-order valence-corrected chi connectivity index (χ0v) is 16.8. The monoisotopic (exact) mass is 393 g/mol. The molecule has 1 fully saturated rings. The van der Waals surface area contributed by atoms with Crippen LogP contribution in [-0.2, 0) is 16.0 Å². The Labute approximate surface area is 170 Å². The van der Waals surface area contributed by atoms with Crippen LogP contribution in [0.5, 0.6) is 5.75 Å². The smallest absolute Gasteiger partial charge is 0.259 e. The molecular formula is C24H27NO4. The number of allylic oxidation sites excluding steroid dienone is 5. The highest BCUT2D eigenvalue weighted by molar-refractivity contribution is 6.27. The number of nitrogens with one attached hydrogen (secondary N) is 1. The third-order valence-electron chi connectivity index (χ3n) is 6.58. The fraction of sp³-hybridized carbons (Fsp3) is 0.417. The van der Waals surface area contributed by atoms with Gasteiger partial charge in [0.05, 0.1) is 6.04 Å². The average Bonchev–Trinajstić information content (AvgIpc) is 2.96. The van der Waals surface area contributed by atoms with Crippen molar-refractivity contribution in [3.05, 3.63) is 65.0 Å². The largest absolute Gasteiger partial charge is 0.511 e. The first-order valence-corrected chi connectivity index (χ1v) is 10.2. The number of phenolic OH excluding ortho intramolecular Hbond substituents is 1. The fourth-order valence-electron chi connectivity index (χ4n) is 5.02. The van der Waals surface area contributed by atoms with Crippen LogP contribution in [0.3, 0.4) is 0 Å². The predicted octanol–water partition coefficient (Wildman–Crippen LogP) is 3.61. The molecule has 1 aromatic carbocycles. The number of aliphatic hydroxyl groups is 1. The molecule has 0 radical (unpaired) electrons. The van der Waals surface area contributed by atoms with Crippen LogP contribution in [-0.4, -0.2) is 27.9 Å². The van der Waals surface area contributed by atoms with Crippen molar-refractivity contribution in [1.29, 1.82) is 0 Å². The van der Waals surface area contributed by atoms with Crippen LogP contribution in [0.15, 0.2) is 59.4 Å². The lowest BCUT2D eigenvalue weighted by Crippen LogP contribution is -2.34. The third kappa shape index (κ3) is 3.61. The molecule has 1 amide bonds. The quantitative estimate of drug-likeness (QED) is 0.317. The summed E-state index contributed by atoms with van der Waals surface area (Å²) in [5, 5.41) is 23.3. The van der Waals surface area contributed by atoms with E-state index >= 15 is 0 Å². The predicted molar refractivity (Wildman–Crippen MR) is 110 cm³/mol. The fourth-order valence-corrected chi connectivity index (χ4v) is 5.02. The van der Waals surface area contributed by atoms with Gasteiger partial charge in [-0.25, -0.2) is 0 Å². The molecule has 3 aliphatic rings. The number of aromatic hydroxyl groups is 1. The molecule has 1 aliphatic heterocycles. The molecule has 0 bridgehead atoms. The van der Waals surface area contributed by atoms with E-state index in [4.69, 9.17) is 0 Å². The zero-order valence-electron chi connectivity index (χ0n) is 16.8. The van der Waals surface area contributed by atoms with E-state index in [9.17, 15) is 19.8 Å². The van der Waals surface area contributed by atoms with Crippen LogP contribution in [0.1, 0.15) is 32.3 Å². The molecule has 1 aromatic rings. The lowest BCUT2D eigenvalue weighted by atomic mass is 9.64. The van der Waals surface area contributed by atoms with Crippen molar-refractivity contribution >= 4 is 11.7 Å². The minimum absolute atomic E-state index is 0.0551. The van der Waals surface area contributed by atoms with Gasteiger partial charge in [-0.1, -0.05) is 42.9 Å². The second kappa shape index (κ2) is 7.54. The first-order chi connectivity index (χ1) is 13.8. The van der Waals surface area contributed by atoms with Gasteiger partial charge in [-0.3, -0.25) is 9.59 Å². The van der Waals surface area contributed by atoms with Crippen LogP contribution >= 0.6 is 0 Å². The average molecular weight is 393 g/mol. The number of Topliss-reactive ketones (excluding diaryl/α,β-unsaturated/α-hetero) is 1. The van der Waals surface area contributed by atoms with Crippen LogP contribution in [0, 0.1) is 23.7 Å². The number of fused-ring (bicyclic) bond motifs is 1. The van der Waals surface area contributed by atoms with E-state index < -0.39 is 11.9 Å². The maximum absolute atomic E-state index is 13.0. The van der Waals surface area contributed by atoms with Crippen LogP contribution < -0.4 is 5.32 Å². The molecule has 0 saturated carbocycles. The second-order valence-electron chi connectivity index (χ2n) is 8.61. The molecule has 5 nitrogen and oxygen atoms in total. The summed E-state index contributed by atoms with van der Waals surface area (Å²) < 4.78 is 0. The van der Waals surface area contributed by atoms with Gasteiger partial charge in [-0.2, -0.15) is 0 Å². The van der Waals surface area contributed by atoms with E-state index in [1.54, 1.807) is 24.3 Å². The Morgan fingerprint density at radius 2 is 1.90 bits per heavy atom. The van der Waals surface area contributed by atoms with Gasteiger partial charge in [-0.15, -0.1) is 0 Å². The summed E-state index contributed by atoms with van der Waals surface area (Å²) >= 11 is 0. The standard InChI is InChI=1S/C24H27NO4/c1-13-3-10-18-16(11-13)7-4-14(2)20(18)23(28)21-22(27)19(25-24(21)29)12-15-5-8-17(26)9-6-15/h3-9,14,16,18-20,26,28H,10-12H2,1-2H3,(H,25,29)/b23-21-/t14-,16-,18-,19+,20-/m1/s1. The summed E-state index contributed by atoms with van der Waals surface area (Å²) in [5.41, 5.74) is 2.11. The van der Waals surface area contributed by atoms with E-state index in [0.717, 1.165) is 18.4 Å². The molecular weight excluding hydrogens is 366 g/mol. The molecule has 3 N–H and O–H groups in total.